The van der Waals surface area contributed by atoms with E-state index < -0.39 is 5.97 Å². The first kappa shape index (κ1) is 22.9. The second-order valence-electron chi connectivity index (χ2n) is 7.26. The maximum absolute atomic E-state index is 11.1. The maximum Gasteiger partial charge on any atom is 0.303 e. The van der Waals surface area contributed by atoms with Crippen LogP contribution < -0.4 is 10.7 Å². The van der Waals surface area contributed by atoms with Gasteiger partial charge < -0.3 is 10.4 Å². The van der Waals surface area contributed by atoms with Gasteiger partial charge in [0.1, 0.15) is 5.82 Å². The first-order valence-electron chi connectivity index (χ1n) is 10.5. The van der Waals surface area contributed by atoms with E-state index in [0.29, 0.717) is 28.2 Å². The number of carbonyl (C=O) groups is 1. The molecule has 2 aromatic heterocycles. The van der Waals surface area contributed by atoms with Crippen LogP contribution >= 0.6 is 11.6 Å². The number of carboxylic acids is 1. The van der Waals surface area contributed by atoms with E-state index in [1.54, 1.807) is 30.6 Å². The number of hydrogen-bond donors (Lipinski definition) is 3. The molecule has 2 aromatic carbocycles. The van der Waals surface area contributed by atoms with Crippen LogP contribution in [-0.2, 0) is 4.79 Å². The molecule has 0 atom stereocenters. The minimum atomic E-state index is -0.880. The van der Waals surface area contributed by atoms with E-state index in [2.05, 4.69) is 30.8 Å². The summed E-state index contributed by atoms with van der Waals surface area (Å²) in [6.07, 6.45) is 3.59. The molecule has 8 nitrogen and oxygen atoms in total. The number of anilines is 3. The molecular formula is C25H21ClN6O2. The van der Waals surface area contributed by atoms with E-state index in [4.69, 9.17) is 16.7 Å². The highest BCUT2D eigenvalue weighted by molar-refractivity contribution is 6.30. The average Bonchev–Trinajstić information content (AvgIpc) is 2.85. The third-order valence-corrected chi connectivity index (χ3v) is 5.02. The highest BCUT2D eigenvalue weighted by Gasteiger charge is 2.08. The Morgan fingerprint density at radius 1 is 0.941 bits per heavy atom. The minimum Gasteiger partial charge on any atom is -0.481 e. The lowest BCUT2D eigenvalue weighted by atomic mass is 10.1. The topological polar surface area (TPSA) is 112 Å². The minimum absolute atomic E-state index is 0.0216. The molecule has 0 aliphatic rings. The molecule has 0 aliphatic heterocycles. The molecule has 0 saturated heterocycles. The van der Waals surface area contributed by atoms with Crippen LogP contribution in [0.5, 0.6) is 0 Å². The van der Waals surface area contributed by atoms with Gasteiger partial charge in [0, 0.05) is 35.1 Å². The molecule has 4 aromatic rings. The fourth-order valence-corrected chi connectivity index (χ4v) is 3.36. The zero-order valence-electron chi connectivity index (χ0n) is 18.0. The van der Waals surface area contributed by atoms with Crippen molar-refractivity contribution in [3.63, 3.8) is 0 Å². The third-order valence-electron chi connectivity index (χ3n) is 4.78. The first-order chi connectivity index (χ1) is 16.6. The number of rotatable bonds is 9. The van der Waals surface area contributed by atoms with Gasteiger partial charge in [-0.3, -0.25) is 10.2 Å². The van der Waals surface area contributed by atoms with Gasteiger partial charge in [0.05, 0.1) is 17.8 Å². The Hall–Kier alpha value is -4.30. The van der Waals surface area contributed by atoms with Crippen LogP contribution in [0.25, 0.3) is 11.3 Å². The van der Waals surface area contributed by atoms with Crippen molar-refractivity contribution in [2.45, 2.75) is 12.8 Å². The van der Waals surface area contributed by atoms with Crippen molar-refractivity contribution in [1.82, 2.24) is 15.0 Å². The quantitative estimate of drug-likeness (QED) is 0.214. The maximum atomic E-state index is 11.1. The lowest BCUT2D eigenvalue weighted by Gasteiger charge is -2.09. The van der Waals surface area contributed by atoms with Crippen LogP contribution in [0.15, 0.2) is 90.3 Å². The summed E-state index contributed by atoms with van der Waals surface area (Å²) in [6, 6.07) is 22.2. The number of pyridine rings is 1. The summed E-state index contributed by atoms with van der Waals surface area (Å²) < 4.78 is 0. The number of benzene rings is 2. The number of nitrogens with zero attached hydrogens (tertiary/aromatic N) is 4. The summed E-state index contributed by atoms with van der Waals surface area (Å²) in [5.74, 6) is 0.0584. The third kappa shape index (κ3) is 6.36. The lowest BCUT2D eigenvalue weighted by molar-refractivity contribution is -0.136. The Balaban J connectivity index is 1.54. The molecular weight excluding hydrogens is 452 g/mol. The van der Waals surface area contributed by atoms with Crippen LogP contribution in [0.4, 0.5) is 17.5 Å². The summed E-state index contributed by atoms with van der Waals surface area (Å²) in [6.45, 7) is 0. The number of nitrogens with one attached hydrogen (secondary N) is 2. The number of aliphatic carboxylic acids is 1. The zero-order valence-corrected chi connectivity index (χ0v) is 18.8. The van der Waals surface area contributed by atoms with Gasteiger partial charge in [0.15, 0.2) is 0 Å². The highest BCUT2D eigenvalue weighted by Crippen LogP contribution is 2.22. The molecule has 3 N–H and O–H groups in total. The van der Waals surface area contributed by atoms with Crippen molar-refractivity contribution in [3.8, 4) is 11.3 Å². The van der Waals surface area contributed by atoms with Gasteiger partial charge in [0.25, 0.3) is 0 Å². The molecule has 4 rings (SSSR count). The summed E-state index contributed by atoms with van der Waals surface area (Å²) in [5.41, 5.74) is 6.72. The van der Waals surface area contributed by atoms with E-state index >= 15 is 0 Å². The molecule has 9 heteroatoms. The van der Waals surface area contributed by atoms with Crippen LogP contribution in [0.2, 0.25) is 5.02 Å². The molecule has 0 fully saturated rings. The monoisotopic (exact) mass is 472 g/mol. The average molecular weight is 473 g/mol. The van der Waals surface area contributed by atoms with E-state index in [9.17, 15) is 4.79 Å². The Kier molecular flexibility index (Phi) is 7.42. The molecule has 0 saturated carbocycles. The zero-order chi connectivity index (χ0) is 23.8. The Labute approximate surface area is 201 Å². The Morgan fingerprint density at radius 2 is 1.76 bits per heavy atom. The van der Waals surface area contributed by atoms with Crippen LogP contribution in [0.1, 0.15) is 18.4 Å². The van der Waals surface area contributed by atoms with Gasteiger partial charge in [-0.1, -0.05) is 48.0 Å². The van der Waals surface area contributed by atoms with E-state index in [0.717, 1.165) is 16.8 Å². The summed E-state index contributed by atoms with van der Waals surface area (Å²) >= 11 is 6.05. The molecule has 0 radical (unpaired) electrons. The smallest absolute Gasteiger partial charge is 0.303 e. The summed E-state index contributed by atoms with van der Waals surface area (Å²) in [5, 5.41) is 17.3. The van der Waals surface area contributed by atoms with Gasteiger partial charge >= 0.3 is 5.97 Å². The fraction of sp³-hybridized carbons (Fsp3) is 0.0800. The number of hydrogen-bond acceptors (Lipinski definition) is 7. The van der Waals surface area contributed by atoms with Crippen molar-refractivity contribution >= 4 is 40.7 Å². The molecule has 0 spiro atoms. The van der Waals surface area contributed by atoms with Crippen LogP contribution in [-0.4, -0.2) is 31.7 Å². The predicted octanol–water partition coefficient (Wildman–Crippen LogP) is 5.62. The normalized spacial score (nSPS) is 11.1. The summed E-state index contributed by atoms with van der Waals surface area (Å²) in [7, 11) is 0. The van der Waals surface area contributed by atoms with Crippen molar-refractivity contribution in [2.24, 2.45) is 5.10 Å². The molecule has 0 unspecified atom stereocenters. The van der Waals surface area contributed by atoms with E-state index in [1.165, 1.54) is 0 Å². The van der Waals surface area contributed by atoms with Crippen molar-refractivity contribution in [2.75, 3.05) is 10.7 Å². The second-order valence-corrected chi connectivity index (χ2v) is 7.70. The van der Waals surface area contributed by atoms with Crippen LogP contribution in [0.3, 0.4) is 0 Å². The Morgan fingerprint density at radius 3 is 2.56 bits per heavy atom. The molecule has 0 aliphatic carbocycles. The van der Waals surface area contributed by atoms with E-state index in [1.807, 2.05) is 54.6 Å². The highest BCUT2D eigenvalue weighted by atomic mass is 35.5. The van der Waals surface area contributed by atoms with Gasteiger partial charge in [0.2, 0.25) is 5.95 Å². The van der Waals surface area contributed by atoms with Gasteiger partial charge in [-0.15, -0.1) is 0 Å². The van der Waals surface area contributed by atoms with Crippen molar-refractivity contribution < 1.29 is 9.90 Å². The Bertz CT molecular complexity index is 1310. The summed E-state index contributed by atoms with van der Waals surface area (Å²) in [4.78, 5) is 24.2. The number of carboxylic acid groups (broad SMARTS) is 1. The van der Waals surface area contributed by atoms with Crippen molar-refractivity contribution in [3.05, 3.63) is 95.8 Å². The number of aromatic nitrogens is 3. The number of hydrazone groups is 1. The molecule has 170 valence electrons. The predicted molar refractivity (Wildman–Crippen MR) is 133 cm³/mol. The van der Waals surface area contributed by atoms with Gasteiger partial charge in [-0.05, 0) is 42.0 Å². The first-order valence-corrected chi connectivity index (χ1v) is 10.9. The standard InChI is InChI=1S/C25H21ClN6O2/c26-19-7-4-8-20(16-19)29-25-28-14-12-21(30-25)18-11-13-27-23(15-18)32-31-22(9-10-24(33)34)17-5-2-1-3-6-17/h1-8,11-16H,9-10H2,(H,27,32)(H,33,34)(H,28,29,30). The van der Waals surface area contributed by atoms with Crippen LogP contribution in [0, 0.1) is 0 Å². The van der Waals surface area contributed by atoms with Gasteiger partial charge in [-0.2, -0.15) is 5.10 Å². The SMILES string of the molecule is O=C(O)CCC(=NNc1cc(-c2ccnc(Nc3cccc(Cl)c3)n2)ccn1)c1ccccc1. The molecule has 2 heterocycles. The van der Waals surface area contributed by atoms with Gasteiger partial charge in [-0.25, -0.2) is 15.0 Å². The van der Waals surface area contributed by atoms with Crippen molar-refractivity contribution in [1.29, 1.82) is 0 Å². The fourth-order valence-electron chi connectivity index (χ4n) is 3.17. The number of halogens is 1. The van der Waals surface area contributed by atoms with E-state index in [-0.39, 0.29) is 12.8 Å². The molecule has 0 bridgehead atoms. The molecule has 34 heavy (non-hydrogen) atoms. The largest absolute Gasteiger partial charge is 0.481 e. The lowest BCUT2D eigenvalue weighted by Crippen LogP contribution is -2.08. The second kappa shape index (κ2) is 11.0. The molecule has 0 amide bonds.